The number of hydrogen-bond donors (Lipinski definition) is 0. The Morgan fingerprint density at radius 3 is 0.857 bits per heavy atom. The molecule has 5 aromatic rings. The molecule has 0 spiro atoms. The smallest absolute Gasteiger partial charge is 0.146 e. The van der Waals surface area contributed by atoms with Gasteiger partial charge in [-0.15, -0.1) is 56.7 Å². The molecule has 0 unspecified atom stereocenters. The highest BCUT2D eigenvalue weighted by molar-refractivity contribution is 7.14. The second-order valence-corrected chi connectivity index (χ2v) is 12.4. The lowest BCUT2D eigenvalue weighted by molar-refractivity contribution is 1.51. The van der Waals surface area contributed by atoms with Crippen molar-refractivity contribution in [3.05, 3.63) is 106 Å². The summed E-state index contributed by atoms with van der Waals surface area (Å²) in [6, 6.07) is 28.0. The molecule has 5 heterocycles. The van der Waals surface area contributed by atoms with Gasteiger partial charge in [-0.25, -0.2) is 0 Å². The van der Waals surface area contributed by atoms with E-state index in [0.717, 1.165) is 18.1 Å². The van der Waals surface area contributed by atoms with Crippen LogP contribution in [-0.4, -0.2) is 0 Å². The van der Waals surface area contributed by atoms with Crippen LogP contribution in [-0.2, 0) is 0 Å². The highest BCUT2D eigenvalue weighted by Crippen LogP contribution is 2.18. The molecule has 0 N–H and O–H groups in total. The zero-order valence-corrected chi connectivity index (χ0v) is 21.7. The minimum Gasteiger partial charge on any atom is -0.192 e. The maximum atomic E-state index is 9.10. The lowest BCUT2D eigenvalue weighted by Crippen LogP contribution is -1.93. The fourth-order valence-corrected chi connectivity index (χ4v) is 8.57. The van der Waals surface area contributed by atoms with Gasteiger partial charge in [0, 0.05) is 36.3 Å². The van der Waals surface area contributed by atoms with Gasteiger partial charge in [0.25, 0.3) is 0 Å². The molecule has 0 atom stereocenters. The van der Waals surface area contributed by atoms with E-state index in [1.54, 1.807) is 34.0 Å². The van der Waals surface area contributed by atoms with Crippen LogP contribution in [0, 0.1) is 81.6 Å². The minimum atomic E-state index is 0.142. The van der Waals surface area contributed by atoms with Gasteiger partial charge in [-0.2, -0.15) is 21.0 Å². The maximum absolute atomic E-state index is 9.10. The molecule has 0 amide bonds. The lowest BCUT2D eigenvalue weighted by atomic mass is 10.3. The van der Waals surface area contributed by atoms with Crippen molar-refractivity contribution in [2.75, 3.05) is 0 Å². The summed E-state index contributed by atoms with van der Waals surface area (Å²) in [6.07, 6.45) is 0. The van der Waals surface area contributed by atoms with Gasteiger partial charge in [-0.3, -0.25) is 0 Å². The molecule has 0 saturated heterocycles. The van der Waals surface area contributed by atoms with Gasteiger partial charge < -0.3 is 0 Å². The minimum absolute atomic E-state index is 0.142. The molecule has 0 fully saturated rings. The third-order valence-electron chi connectivity index (χ3n) is 4.94. The predicted octanol–water partition coefficient (Wildman–Crippen LogP) is 5.54. The Morgan fingerprint density at radius 2 is 0.600 bits per heavy atom. The van der Waals surface area contributed by atoms with E-state index < -0.39 is 0 Å². The van der Waals surface area contributed by atoms with E-state index in [-0.39, 0.29) is 11.1 Å². The molecule has 9 heteroatoms. The van der Waals surface area contributed by atoms with Crippen LogP contribution in [0.2, 0.25) is 0 Å². The quantitative estimate of drug-likeness (QED) is 0.259. The lowest BCUT2D eigenvalue weighted by Gasteiger charge is -1.75. The van der Waals surface area contributed by atoms with Crippen LogP contribution in [0.15, 0.2) is 60.7 Å². The Bertz CT molecular complexity index is 2090. The van der Waals surface area contributed by atoms with Gasteiger partial charge in [0.2, 0.25) is 0 Å². The molecule has 5 aromatic heterocycles. The summed E-state index contributed by atoms with van der Waals surface area (Å²) >= 11 is 8.04. The van der Waals surface area contributed by atoms with Gasteiger partial charge in [0.15, 0.2) is 0 Å². The summed E-state index contributed by atoms with van der Waals surface area (Å²) in [5, 5.41) is 36.4. The van der Waals surface area contributed by atoms with Crippen molar-refractivity contribution in [2.45, 2.75) is 0 Å². The molecule has 0 aliphatic heterocycles. The van der Waals surface area contributed by atoms with Crippen molar-refractivity contribution in [1.29, 1.82) is 21.0 Å². The first-order valence-corrected chi connectivity index (χ1v) is 14.1. The largest absolute Gasteiger partial charge is 0.192 e. The van der Waals surface area contributed by atoms with Crippen molar-refractivity contribution in [3.8, 4) is 24.3 Å². The van der Waals surface area contributed by atoms with Crippen LogP contribution in [0.4, 0.5) is 0 Å². The molecular formula is C26H10N4S5. The summed E-state index contributed by atoms with van der Waals surface area (Å²) in [6.45, 7) is 0. The third-order valence-corrected chi connectivity index (χ3v) is 11.2. The summed E-state index contributed by atoms with van der Waals surface area (Å²) in [5.74, 6) is 0. The molecule has 0 aliphatic carbocycles. The van der Waals surface area contributed by atoms with E-state index in [4.69, 9.17) is 21.0 Å². The fraction of sp³-hybridized carbons (Fsp3) is 0. The number of hydrogen-bond acceptors (Lipinski definition) is 9. The van der Waals surface area contributed by atoms with Crippen LogP contribution in [0.1, 0.15) is 0 Å². The van der Waals surface area contributed by atoms with Crippen molar-refractivity contribution in [1.82, 2.24) is 0 Å². The van der Waals surface area contributed by atoms with Crippen LogP contribution in [0.3, 0.4) is 0 Å². The SMILES string of the molecule is N#CC(C#N)=c1cc/c(=c2\cc/c(=c3\cc/c(=c4\cc/c(=c5\ccc(=C(C#N)C#N)s5)s4)s3)s2)s1. The van der Waals surface area contributed by atoms with Crippen molar-refractivity contribution in [3.63, 3.8) is 0 Å². The summed E-state index contributed by atoms with van der Waals surface area (Å²) in [5.41, 5.74) is 0.285. The second-order valence-electron chi connectivity index (χ2n) is 7.02. The van der Waals surface area contributed by atoms with E-state index in [1.807, 2.05) is 48.5 Å². The molecule has 0 aliphatic rings. The number of nitriles is 4. The average Bonchev–Trinajstić information content (AvgIpc) is 3.68. The van der Waals surface area contributed by atoms with E-state index in [0.29, 0.717) is 9.06 Å². The van der Waals surface area contributed by atoms with Crippen LogP contribution < -0.4 is 9.06 Å². The van der Waals surface area contributed by atoms with Gasteiger partial charge >= 0.3 is 0 Å². The normalized spacial score (nSPS) is 14.3. The van der Waals surface area contributed by atoms with E-state index in [1.165, 1.54) is 40.8 Å². The number of thiophene rings is 5. The molecule has 35 heavy (non-hydrogen) atoms. The fourth-order valence-electron chi connectivity index (χ4n) is 3.29. The molecule has 0 saturated carbocycles. The van der Waals surface area contributed by atoms with Crippen molar-refractivity contribution < 1.29 is 0 Å². The Morgan fingerprint density at radius 1 is 0.371 bits per heavy atom. The molecule has 5 rings (SSSR count). The highest BCUT2D eigenvalue weighted by atomic mass is 32.1. The second kappa shape index (κ2) is 9.82. The number of nitrogens with zero attached hydrogens (tertiary/aromatic N) is 4. The van der Waals surface area contributed by atoms with Gasteiger partial charge in [-0.1, -0.05) is 0 Å². The van der Waals surface area contributed by atoms with Crippen LogP contribution in [0.25, 0.3) is 11.1 Å². The van der Waals surface area contributed by atoms with Gasteiger partial charge in [0.05, 0.1) is 9.06 Å². The summed E-state index contributed by atoms with van der Waals surface area (Å²) in [4.78, 5) is 0. The Hall–Kier alpha value is -3.80. The Kier molecular flexibility index (Phi) is 6.45. The molecule has 164 valence electrons. The average molecular weight is 539 g/mol. The molecule has 4 nitrogen and oxygen atoms in total. The molecule has 0 aromatic carbocycles. The first kappa shape index (κ1) is 23.0. The standard InChI is InChI=1S/C26H10N4S5/c27-11-15(12-28)17-1-3-19(31-17)21-5-7-23(33-21)25-9-10-26(35-25)24-8-6-22(34-24)20-4-2-18(32-20)16(13-29)14-30/h1-10H/b21-19-,22-20-,25-23-,26-24-. The zero-order chi connectivity index (χ0) is 24.4. The predicted molar refractivity (Wildman–Crippen MR) is 141 cm³/mol. The highest BCUT2D eigenvalue weighted by Gasteiger charge is 1.99. The van der Waals surface area contributed by atoms with Crippen LogP contribution in [0.5, 0.6) is 0 Å². The molecule has 0 radical (unpaired) electrons. The Labute approximate surface area is 217 Å². The van der Waals surface area contributed by atoms with Crippen molar-refractivity contribution in [2.24, 2.45) is 0 Å². The summed E-state index contributed by atoms with van der Waals surface area (Å²) < 4.78 is 10.4. The van der Waals surface area contributed by atoms with Gasteiger partial charge in [0.1, 0.15) is 35.4 Å². The van der Waals surface area contributed by atoms with Crippen LogP contribution >= 0.6 is 56.7 Å². The van der Waals surface area contributed by atoms with Crippen molar-refractivity contribution >= 4 is 67.8 Å². The van der Waals surface area contributed by atoms with Gasteiger partial charge in [-0.05, 0) is 60.7 Å². The molecular weight excluding hydrogens is 529 g/mol. The third kappa shape index (κ3) is 4.48. The number of rotatable bonds is 0. The topological polar surface area (TPSA) is 95.2 Å². The Balaban J connectivity index is 1.69. The first-order valence-electron chi connectivity index (χ1n) is 9.99. The summed E-state index contributed by atoms with van der Waals surface area (Å²) in [7, 11) is 0. The van der Waals surface area contributed by atoms with E-state index >= 15 is 0 Å². The first-order chi connectivity index (χ1) is 17.1. The van der Waals surface area contributed by atoms with E-state index in [9.17, 15) is 0 Å². The maximum Gasteiger partial charge on any atom is 0.146 e. The zero-order valence-electron chi connectivity index (χ0n) is 17.6. The van der Waals surface area contributed by atoms with E-state index in [2.05, 4.69) is 36.4 Å². The molecule has 0 bridgehead atoms. The monoisotopic (exact) mass is 538 g/mol.